The summed E-state index contributed by atoms with van der Waals surface area (Å²) in [5.74, 6) is 0.123. The third-order valence-corrected chi connectivity index (χ3v) is 4.38. The number of pyridine rings is 1. The van der Waals surface area contributed by atoms with E-state index in [0.29, 0.717) is 6.42 Å². The fourth-order valence-corrected chi connectivity index (χ4v) is 2.82. The molecule has 0 bridgehead atoms. The molecule has 2 aromatic heterocycles. The van der Waals surface area contributed by atoms with E-state index in [1.807, 2.05) is 31.2 Å². The fraction of sp³-hybridized carbons (Fsp3) is 0.167. The molecule has 2 rings (SSSR count). The zero-order chi connectivity index (χ0) is 11.5. The first kappa shape index (κ1) is 11.5. The lowest BCUT2D eigenvalue weighted by Gasteiger charge is -1.96. The molecule has 0 radical (unpaired) electrons. The molecule has 82 valence electrons. The van der Waals surface area contributed by atoms with Gasteiger partial charge in [-0.3, -0.25) is 9.78 Å². The summed E-state index contributed by atoms with van der Waals surface area (Å²) in [5.41, 5.74) is 1.92. The van der Waals surface area contributed by atoms with Crippen molar-refractivity contribution in [2.45, 2.75) is 13.3 Å². The van der Waals surface area contributed by atoms with Crippen molar-refractivity contribution in [3.05, 3.63) is 50.4 Å². The minimum absolute atomic E-state index is 0.123. The van der Waals surface area contributed by atoms with Crippen LogP contribution in [0.1, 0.15) is 20.9 Å². The number of ketones is 1. The number of carbonyl (C=O) groups is 1. The SMILES string of the molecule is Cc1cc(C(=O)Cc2ccccn2)sc1Br. The average molecular weight is 296 g/mol. The minimum atomic E-state index is 0.123. The number of rotatable bonds is 3. The molecular formula is C12H10BrNOS. The first-order valence-corrected chi connectivity index (χ1v) is 6.47. The van der Waals surface area contributed by atoms with Crippen LogP contribution < -0.4 is 0 Å². The Kier molecular flexibility index (Phi) is 3.51. The lowest BCUT2D eigenvalue weighted by atomic mass is 10.1. The van der Waals surface area contributed by atoms with Gasteiger partial charge in [0, 0.05) is 11.9 Å². The standard InChI is InChI=1S/C12H10BrNOS/c1-8-6-11(16-12(8)13)10(15)7-9-4-2-3-5-14-9/h2-6H,7H2,1H3. The number of aryl methyl sites for hydroxylation is 1. The van der Waals surface area contributed by atoms with Crippen molar-refractivity contribution in [1.82, 2.24) is 4.98 Å². The predicted octanol–water partition coefficient (Wildman–Crippen LogP) is 3.64. The van der Waals surface area contributed by atoms with Crippen LogP contribution in [0.3, 0.4) is 0 Å². The smallest absolute Gasteiger partial charge is 0.178 e. The molecule has 2 aromatic rings. The molecule has 0 aliphatic heterocycles. The van der Waals surface area contributed by atoms with Crippen LogP contribution in [0.25, 0.3) is 0 Å². The van der Waals surface area contributed by atoms with E-state index < -0.39 is 0 Å². The second-order valence-electron chi connectivity index (χ2n) is 3.49. The van der Waals surface area contributed by atoms with Crippen molar-refractivity contribution >= 4 is 33.0 Å². The Balaban J connectivity index is 2.15. The summed E-state index contributed by atoms with van der Waals surface area (Å²) < 4.78 is 1.02. The highest BCUT2D eigenvalue weighted by Gasteiger charge is 2.12. The van der Waals surface area contributed by atoms with E-state index in [4.69, 9.17) is 0 Å². The zero-order valence-electron chi connectivity index (χ0n) is 8.74. The van der Waals surface area contributed by atoms with Crippen LogP contribution >= 0.6 is 27.3 Å². The normalized spacial score (nSPS) is 10.4. The summed E-state index contributed by atoms with van der Waals surface area (Å²) in [6.45, 7) is 1.98. The van der Waals surface area contributed by atoms with Crippen molar-refractivity contribution in [3.63, 3.8) is 0 Å². The Labute approximate surface area is 106 Å². The Bertz CT molecular complexity index is 487. The Morgan fingerprint density at radius 3 is 2.88 bits per heavy atom. The highest BCUT2D eigenvalue weighted by molar-refractivity contribution is 9.11. The van der Waals surface area contributed by atoms with Gasteiger partial charge in [0.1, 0.15) is 0 Å². The van der Waals surface area contributed by atoms with E-state index >= 15 is 0 Å². The summed E-state index contributed by atoms with van der Waals surface area (Å²) in [6.07, 6.45) is 2.07. The quantitative estimate of drug-likeness (QED) is 0.809. The van der Waals surface area contributed by atoms with Gasteiger partial charge in [-0.15, -0.1) is 11.3 Å². The molecule has 0 amide bonds. The van der Waals surface area contributed by atoms with Gasteiger partial charge in [0.05, 0.1) is 15.1 Å². The van der Waals surface area contributed by atoms with Gasteiger partial charge in [-0.05, 0) is 46.6 Å². The topological polar surface area (TPSA) is 30.0 Å². The molecule has 0 aliphatic carbocycles. The highest BCUT2D eigenvalue weighted by atomic mass is 79.9. The Hall–Kier alpha value is -1.000. The summed E-state index contributed by atoms with van der Waals surface area (Å²) in [7, 11) is 0. The molecule has 0 aliphatic rings. The van der Waals surface area contributed by atoms with Crippen molar-refractivity contribution in [1.29, 1.82) is 0 Å². The molecule has 0 saturated carbocycles. The van der Waals surface area contributed by atoms with E-state index in [1.165, 1.54) is 11.3 Å². The van der Waals surface area contributed by atoms with Gasteiger partial charge in [0.25, 0.3) is 0 Å². The van der Waals surface area contributed by atoms with E-state index in [0.717, 1.165) is 19.9 Å². The average Bonchev–Trinajstić information content (AvgIpc) is 2.61. The van der Waals surface area contributed by atoms with Gasteiger partial charge in [-0.1, -0.05) is 6.07 Å². The number of halogens is 1. The number of Topliss-reactive ketones (excluding diaryl/α,β-unsaturated/α-hetero) is 1. The van der Waals surface area contributed by atoms with E-state index in [-0.39, 0.29) is 5.78 Å². The van der Waals surface area contributed by atoms with Crippen LogP contribution in [-0.4, -0.2) is 10.8 Å². The maximum absolute atomic E-state index is 11.9. The van der Waals surface area contributed by atoms with Gasteiger partial charge in [0.15, 0.2) is 5.78 Å². The van der Waals surface area contributed by atoms with E-state index in [1.54, 1.807) is 6.20 Å². The lowest BCUT2D eigenvalue weighted by Crippen LogP contribution is -2.02. The molecular weight excluding hydrogens is 286 g/mol. The summed E-state index contributed by atoms with van der Waals surface area (Å²) >= 11 is 4.90. The summed E-state index contributed by atoms with van der Waals surface area (Å²) in [4.78, 5) is 16.9. The Morgan fingerprint density at radius 1 is 1.50 bits per heavy atom. The van der Waals surface area contributed by atoms with Gasteiger partial charge >= 0.3 is 0 Å². The maximum Gasteiger partial charge on any atom is 0.178 e. The molecule has 0 aromatic carbocycles. The molecule has 2 heterocycles. The molecule has 16 heavy (non-hydrogen) atoms. The second-order valence-corrected chi connectivity index (χ2v) is 5.86. The van der Waals surface area contributed by atoms with Crippen LogP contribution in [0.4, 0.5) is 0 Å². The van der Waals surface area contributed by atoms with Crippen molar-refractivity contribution in [2.24, 2.45) is 0 Å². The van der Waals surface area contributed by atoms with Gasteiger partial charge in [-0.2, -0.15) is 0 Å². The number of thiophene rings is 1. The van der Waals surface area contributed by atoms with Crippen LogP contribution in [-0.2, 0) is 6.42 Å². The second kappa shape index (κ2) is 4.89. The number of hydrogen-bond acceptors (Lipinski definition) is 3. The maximum atomic E-state index is 11.9. The fourth-order valence-electron chi connectivity index (χ4n) is 1.35. The van der Waals surface area contributed by atoms with Gasteiger partial charge < -0.3 is 0 Å². The van der Waals surface area contributed by atoms with Crippen LogP contribution in [0.15, 0.2) is 34.2 Å². The van der Waals surface area contributed by atoms with E-state index in [9.17, 15) is 4.79 Å². The molecule has 0 N–H and O–H groups in total. The largest absolute Gasteiger partial charge is 0.293 e. The van der Waals surface area contributed by atoms with Crippen molar-refractivity contribution in [3.8, 4) is 0 Å². The predicted molar refractivity (Wildman–Crippen MR) is 69.0 cm³/mol. The first-order valence-electron chi connectivity index (χ1n) is 4.86. The third kappa shape index (κ3) is 2.57. The van der Waals surface area contributed by atoms with Gasteiger partial charge in [0.2, 0.25) is 0 Å². The highest BCUT2D eigenvalue weighted by Crippen LogP contribution is 2.28. The minimum Gasteiger partial charge on any atom is -0.293 e. The van der Waals surface area contributed by atoms with Crippen molar-refractivity contribution in [2.75, 3.05) is 0 Å². The first-order chi connectivity index (χ1) is 7.66. The monoisotopic (exact) mass is 295 g/mol. The third-order valence-electron chi connectivity index (χ3n) is 2.20. The summed E-state index contributed by atoms with van der Waals surface area (Å²) in [5, 5.41) is 0. The molecule has 0 saturated heterocycles. The van der Waals surface area contributed by atoms with Crippen molar-refractivity contribution < 1.29 is 4.79 Å². The molecule has 0 atom stereocenters. The van der Waals surface area contributed by atoms with Crippen LogP contribution in [0.2, 0.25) is 0 Å². The van der Waals surface area contributed by atoms with Crippen LogP contribution in [0.5, 0.6) is 0 Å². The number of aromatic nitrogens is 1. The molecule has 0 spiro atoms. The van der Waals surface area contributed by atoms with Gasteiger partial charge in [-0.25, -0.2) is 0 Å². The Morgan fingerprint density at radius 2 is 2.31 bits per heavy atom. The lowest BCUT2D eigenvalue weighted by molar-refractivity contribution is 0.0996. The molecule has 4 heteroatoms. The molecule has 0 unspecified atom stereocenters. The number of nitrogens with zero attached hydrogens (tertiary/aromatic N) is 1. The molecule has 2 nitrogen and oxygen atoms in total. The number of carbonyl (C=O) groups excluding carboxylic acids is 1. The molecule has 0 fully saturated rings. The number of hydrogen-bond donors (Lipinski definition) is 0. The summed E-state index contributed by atoms with van der Waals surface area (Å²) in [6, 6.07) is 7.53. The zero-order valence-corrected chi connectivity index (χ0v) is 11.1. The van der Waals surface area contributed by atoms with E-state index in [2.05, 4.69) is 20.9 Å². The van der Waals surface area contributed by atoms with Crippen LogP contribution in [0, 0.1) is 6.92 Å².